The Bertz CT molecular complexity index is 725. The lowest BCUT2D eigenvalue weighted by Crippen LogP contribution is -1.87. The van der Waals surface area contributed by atoms with Crippen LogP contribution < -0.4 is 0 Å². The first-order valence-electron chi connectivity index (χ1n) is 7.74. The van der Waals surface area contributed by atoms with Crippen LogP contribution in [-0.4, -0.2) is 0 Å². The topological polar surface area (TPSA) is 0 Å². The molecule has 0 aliphatic heterocycles. The molecule has 0 fully saturated rings. The van der Waals surface area contributed by atoms with Crippen molar-refractivity contribution >= 4 is 5.57 Å². The summed E-state index contributed by atoms with van der Waals surface area (Å²) in [6.45, 7) is 6.51. The van der Waals surface area contributed by atoms with Crippen LogP contribution >= 0.6 is 0 Å². The van der Waals surface area contributed by atoms with Gasteiger partial charge in [-0.25, -0.2) is 0 Å². The molecule has 21 heavy (non-hydrogen) atoms. The van der Waals surface area contributed by atoms with Crippen LogP contribution in [-0.2, 0) is 6.42 Å². The van der Waals surface area contributed by atoms with Gasteiger partial charge in [0.25, 0.3) is 0 Å². The van der Waals surface area contributed by atoms with E-state index in [1.54, 1.807) is 0 Å². The Morgan fingerprint density at radius 1 is 0.952 bits per heavy atom. The molecule has 3 rings (SSSR count). The van der Waals surface area contributed by atoms with E-state index in [4.69, 9.17) is 0 Å². The lowest BCUT2D eigenvalue weighted by Gasteiger charge is -2.08. The summed E-state index contributed by atoms with van der Waals surface area (Å²) < 4.78 is 0. The molecule has 0 amide bonds. The molecule has 0 nitrogen and oxygen atoms in total. The minimum Gasteiger partial charge on any atom is -0.0764 e. The Hall–Kier alpha value is -2.08. The molecule has 0 N–H and O–H groups in total. The van der Waals surface area contributed by atoms with Gasteiger partial charge in [-0.2, -0.15) is 0 Å². The van der Waals surface area contributed by atoms with Gasteiger partial charge in [0.15, 0.2) is 0 Å². The van der Waals surface area contributed by atoms with Crippen molar-refractivity contribution in [3.8, 4) is 11.1 Å². The highest BCUT2D eigenvalue weighted by atomic mass is 14.2. The van der Waals surface area contributed by atoms with E-state index in [1.165, 1.54) is 39.0 Å². The molecule has 0 heterocycles. The van der Waals surface area contributed by atoms with Crippen molar-refractivity contribution in [1.82, 2.24) is 0 Å². The van der Waals surface area contributed by atoms with E-state index in [0.717, 1.165) is 12.8 Å². The van der Waals surface area contributed by atoms with Crippen LogP contribution in [0.3, 0.4) is 0 Å². The van der Waals surface area contributed by atoms with Crippen LogP contribution in [0, 0.1) is 0 Å². The maximum absolute atomic E-state index is 2.38. The minimum atomic E-state index is 1.06. The molecule has 1 aliphatic carbocycles. The van der Waals surface area contributed by atoms with Gasteiger partial charge < -0.3 is 0 Å². The number of rotatable bonds is 3. The third-order valence-electron chi connectivity index (χ3n) is 4.16. The molecule has 0 radical (unpaired) electrons. The average Bonchev–Trinajstić information content (AvgIpc) is 2.85. The normalized spacial score (nSPS) is 12.8. The number of benzene rings is 2. The van der Waals surface area contributed by atoms with Gasteiger partial charge in [0.2, 0.25) is 0 Å². The van der Waals surface area contributed by atoms with Gasteiger partial charge in [0.1, 0.15) is 0 Å². The predicted octanol–water partition coefficient (Wildman–Crippen LogP) is 6.02. The lowest BCUT2D eigenvalue weighted by molar-refractivity contribution is 1.22. The van der Waals surface area contributed by atoms with Crippen LogP contribution in [0.4, 0.5) is 0 Å². The fourth-order valence-electron chi connectivity index (χ4n) is 3.03. The zero-order valence-corrected chi connectivity index (χ0v) is 13.1. The van der Waals surface area contributed by atoms with Crippen molar-refractivity contribution in [2.75, 3.05) is 0 Å². The molecular formula is C21H22. The SMILES string of the molecule is CC/C(=C\C=C(C)C)c1ccc2c(c1)Cc1ccccc1-2. The molecule has 0 saturated carbocycles. The minimum absolute atomic E-state index is 1.06. The molecule has 0 saturated heterocycles. The van der Waals surface area contributed by atoms with Gasteiger partial charge in [-0.15, -0.1) is 0 Å². The summed E-state index contributed by atoms with van der Waals surface area (Å²) in [5, 5.41) is 0. The molecule has 1 aliphatic rings. The highest BCUT2D eigenvalue weighted by Gasteiger charge is 2.18. The summed E-state index contributed by atoms with van der Waals surface area (Å²) in [5.74, 6) is 0. The highest BCUT2D eigenvalue weighted by molar-refractivity contribution is 5.79. The van der Waals surface area contributed by atoms with Crippen molar-refractivity contribution in [2.24, 2.45) is 0 Å². The molecule has 2 aromatic carbocycles. The number of fused-ring (bicyclic) bond motifs is 3. The standard InChI is InChI=1S/C21H22/c1-4-16(10-9-15(2)3)17-11-12-21-19(13-17)14-18-7-5-6-8-20(18)21/h5-13H,4,14H2,1-3H3/b16-10+. The zero-order chi connectivity index (χ0) is 14.8. The van der Waals surface area contributed by atoms with Gasteiger partial charge in [0.05, 0.1) is 0 Å². The first kappa shape index (κ1) is 13.9. The summed E-state index contributed by atoms with van der Waals surface area (Å²) in [6, 6.07) is 15.7. The second kappa shape index (κ2) is 5.73. The van der Waals surface area contributed by atoms with E-state index in [9.17, 15) is 0 Å². The quantitative estimate of drug-likeness (QED) is 0.512. The molecule has 0 heteroatoms. The van der Waals surface area contributed by atoms with Crippen molar-refractivity contribution in [3.63, 3.8) is 0 Å². The van der Waals surface area contributed by atoms with E-state index in [1.807, 2.05) is 0 Å². The van der Waals surface area contributed by atoms with Crippen LogP contribution in [0.25, 0.3) is 16.7 Å². The Labute approximate surface area is 127 Å². The largest absolute Gasteiger partial charge is 0.0764 e. The number of allylic oxidation sites excluding steroid dienone is 4. The van der Waals surface area contributed by atoms with Gasteiger partial charge in [-0.05, 0) is 60.1 Å². The van der Waals surface area contributed by atoms with Crippen LogP contribution in [0.2, 0.25) is 0 Å². The van der Waals surface area contributed by atoms with Crippen molar-refractivity contribution in [3.05, 3.63) is 76.9 Å². The van der Waals surface area contributed by atoms with Crippen LogP contribution in [0.5, 0.6) is 0 Å². The summed E-state index contributed by atoms with van der Waals surface area (Å²) >= 11 is 0. The zero-order valence-electron chi connectivity index (χ0n) is 13.1. The fourth-order valence-corrected chi connectivity index (χ4v) is 3.03. The molecular weight excluding hydrogens is 252 g/mol. The molecule has 106 valence electrons. The van der Waals surface area contributed by atoms with Gasteiger partial charge >= 0.3 is 0 Å². The second-order valence-electron chi connectivity index (χ2n) is 6.00. The van der Waals surface area contributed by atoms with Gasteiger partial charge in [-0.3, -0.25) is 0 Å². The van der Waals surface area contributed by atoms with Crippen molar-refractivity contribution in [1.29, 1.82) is 0 Å². The Balaban J connectivity index is 2.00. The summed E-state index contributed by atoms with van der Waals surface area (Å²) in [5.41, 5.74) is 9.85. The summed E-state index contributed by atoms with van der Waals surface area (Å²) in [7, 11) is 0. The lowest BCUT2D eigenvalue weighted by atomic mass is 9.97. The van der Waals surface area contributed by atoms with Crippen molar-refractivity contribution in [2.45, 2.75) is 33.6 Å². The Morgan fingerprint density at radius 2 is 1.71 bits per heavy atom. The number of hydrogen-bond donors (Lipinski definition) is 0. The molecule has 0 bridgehead atoms. The van der Waals surface area contributed by atoms with Crippen molar-refractivity contribution < 1.29 is 0 Å². The maximum atomic E-state index is 2.38. The predicted molar refractivity (Wildman–Crippen MR) is 92.4 cm³/mol. The Kier molecular flexibility index (Phi) is 3.79. The van der Waals surface area contributed by atoms with Gasteiger partial charge in [-0.1, -0.05) is 67.1 Å². The van der Waals surface area contributed by atoms with E-state index < -0.39 is 0 Å². The van der Waals surface area contributed by atoms with E-state index in [-0.39, 0.29) is 0 Å². The smallest absolute Gasteiger partial charge is 0.00132 e. The third kappa shape index (κ3) is 2.71. The fraction of sp³-hybridized carbons (Fsp3) is 0.238. The molecule has 0 spiro atoms. The Morgan fingerprint density at radius 3 is 2.48 bits per heavy atom. The number of hydrogen-bond acceptors (Lipinski definition) is 0. The molecule has 0 unspecified atom stereocenters. The second-order valence-corrected chi connectivity index (χ2v) is 6.00. The summed E-state index contributed by atoms with van der Waals surface area (Å²) in [4.78, 5) is 0. The molecule has 2 aromatic rings. The maximum Gasteiger partial charge on any atom is -0.00132 e. The van der Waals surface area contributed by atoms with Crippen LogP contribution in [0.15, 0.2) is 60.2 Å². The first-order valence-corrected chi connectivity index (χ1v) is 7.74. The summed E-state index contributed by atoms with van der Waals surface area (Å²) in [6.07, 6.45) is 6.61. The van der Waals surface area contributed by atoms with E-state index in [2.05, 4.69) is 75.4 Å². The molecule has 0 aromatic heterocycles. The first-order chi connectivity index (χ1) is 10.2. The van der Waals surface area contributed by atoms with Crippen LogP contribution in [0.1, 0.15) is 43.9 Å². The van der Waals surface area contributed by atoms with E-state index >= 15 is 0 Å². The third-order valence-corrected chi connectivity index (χ3v) is 4.16. The van der Waals surface area contributed by atoms with E-state index in [0.29, 0.717) is 0 Å². The highest BCUT2D eigenvalue weighted by Crippen LogP contribution is 2.37. The average molecular weight is 274 g/mol. The van der Waals surface area contributed by atoms with Gasteiger partial charge in [0, 0.05) is 0 Å². The monoisotopic (exact) mass is 274 g/mol. The molecule has 0 atom stereocenters.